The highest BCUT2D eigenvalue weighted by Crippen LogP contribution is 2.25. The minimum absolute atomic E-state index is 0.613. The van der Waals surface area contributed by atoms with Crippen LogP contribution in [0.1, 0.15) is 5.56 Å². The van der Waals surface area contributed by atoms with Crippen molar-refractivity contribution in [3.63, 3.8) is 0 Å². The predicted molar refractivity (Wildman–Crippen MR) is 112 cm³/mol. The molecule has 0 saturated carbocycles. The molecule has 0 atom stereocenters. The van der Waals surface area contributed by atoms with Crippen LogP contribution >= 0.6 is 0 Å². The molecule has 6 heteroatoms. The SMILES string of the molecule is CN1CCN(c2cc(Nc3cccc(C#N)c3)nc(-c3ccccc3)n2)CC1. The Morgan fingerprint density at radius 3 is 2.46 bits per heavy atom. The van der Waals surface area contributed by atoms with Gasteiger partial charge in [-0.1, -0.05) is 36.4 Å². The second-order valence-corrected chi connectivity index (χ2v) is 6.91. The van der Waals surface area contributed by atoms with Crippen molar-refractivity contribution in [1.29, 1.82) is 5.26 Å². The average Bonchev–Trinajstić information content (AvgIpc) is 2.75. The summed E-state index contributed by atoms with van der Waals surface area (Å²) in [6.45, 7) is 3.89. The molecule has 0 aliphatic carbocycles. The zero-order valence-corrected chi connectivity index (χ0v) is 15.8. The number of aromatic nitrogens is 2. The smallest absolute Gasteiger partial charge is 0.163 e. The lowest BCUT2D eigenvalue weighted by atomic mass is 10.2. The Labute approximate surface area is 165 Å². The van der Waals surface area contributed by atoms with Gasteiger partial charge in [0, 0.05) is 43.5 Å². The summed E-state index contributed by atoms with van der Waals surface area (Å²) in [5.74, 6) is 2.33. The number of nitriles is 1. The van der Waals surface area contributed by atoms with E-state index in [4.69, 9.17) is 15.2 Å². The summed E-state index contributed by atoms with van der Waals surface area (Å²) < 4.78 is 0. The molecule has 0 radical (unpaired) electrons. The number of hydrogen-bond acceptors (Lipinski definition) is 6. The third-order valence-electron chi connectivity index (χ3n) is 4.84. The molecule has 3 aromatic rings. The van der Waals surface area contributed by atoms with E-state index in [1.807, 2.05) is 54.6 Å². The van der Waals surface area contributed by atoms with E-state index >= 15 is 0 Å². The van der Waals surface area contributed by atoms with E-state index in [0.29, 0.717) is 11.4 Å². The van der Waals surface area contributed by atoms with E-state index in [1.165, 1.54) is 0 Å². The Kier molecular flexibility index (Phi) is 5.18. The first-order valence-corrected chi connectivity index (χ1v) is 9.36. The van der Waals surface area contributed by atoms with E-state index in [-0.39, 0.29) is 0 Å². The quantitative estimate of drug-likeness (QED) is 0.758. The van der Waals surface area contributed by atoms with Gasteiger partial charge in [0.05, 0.1) is 11.6 Å². The number of nitrogens with zero attached hydrogens (tertiary/aromatic N) is 5. The third-order valence-corrected chi connectivity index (χ3v) is 4.84. The molecule has 1 saturated heterocycles. The van der Waals surface area contributed by atoms with Crippen molar-refractivity contribution >= 4 is 17.3 Å². The summed E-state index contributed by atoms with van der Waals surface area (Å²) in [5.41, 5.74) is 2.43. The van der Waals surface area contributed by atoms with Gasteiger partial charge in [-0.2, -0.15) is 5.26 Å². The normalized spacial score (nSPS) is 14.5. The van der Waals surface area contributed by atoms with E-state index in [0.717, 1.165) is 49.1 Å². The molecule has 28 heavy (non-hydrogen) atoms. The molecule has 6 nitrogen and oxygen atoms in total. The molecule has 1 aliphatic heterocycles. The van der Waals surface area contributed by atoms with Crippen molar-refractivity contribution in [3.05, 3.63) is 66.2 Å². The first kappa shape index (κ1) is 18.0. The largest absolute Gasteiger partial charge is 0.354 e. The first-order chi connectivity index (χ1) is 13.7. The zero-order chi connectivity index (χ0) is 19.3. The number of piperazine rings is 1. The number of rotatable bonds is 4. The fourth-order valence-electron chi connectivity index (χ4n) is 3.23. The third kappa shape index (κ3) is 4.11. The van der Waals surface area contributed by atoms with Crippen LogP contribution in [-0.4, -0.2) is 48.1 Å². The van der Waals surface area contributed by atoms with Crippen LogP contribution in [0.4, 0.5) is 17.3 Å². The van der Waals surface area contributed by atoms with Gasteiger partial charge in [0.1, 0.15) is 11.6 Å². The van der Waals surface area contributed by atoms with Crippen LogP contribution in [-0.2, 0) is 0 Å². The van der Waals surface area contributed by atoms with Gasteiger partial charge < -0.3 is 15.1 Å². The maximum Gasteiger partial charge on any atom is 0.163 e. The Morgan fingerprint density at radius 1 is 0.929 bits per heavy atom. The van der Waals surface area contributed by atoms with Gasteiger partial charge in [0.2, 0.25) is 0 Å². The molecule has 1 fully saturated rings. The van der Waals surface area contributed by atoms with Gasteiger partial charge in [-0.3, -0.25) is 0 Å². The summed E-state index contributed by atoms with van der Waals surface area (Å²) >= 11 is 0. The van der Waals surface area contributed by atoms with E-state index in [2.05, 4.69) is 28.2 Å². The van der Waals surface area contributed by atoms with E-state index in [1.54, 1.807) is 6.07 Å². The van der Waals surface area contributed by atoms with Crippen molar-refractivity contribution in [2.24, 2.45) is 0 Å². The Morgan fingerprint density at radius 2 is 1.71 bits per heavy atom. The molecule has 1 aromatic heterocycles. The standard InChI is InChI=1S/C22H22N6/c1-27-10-12-28(13-11-27)21-15-20(24-19-9-5-6-17(14-19)16-23)25-22(26-21)18-7-3-2-4-8-18/h2-9,14-15H,10-13H2,1H3,(H,24,25,26). The van der Waals surface area contributed by atoms with Crippen LogP contribution in [0.5, 0.6) is 0 Å². The zero-order valence-electron chi connectivity index (χ0n) is 15.8. The molecule has 4 rings (SSSR count). The topological polar surface area (TPSA) is 68.1 Å². The van der Waals surface area contributed by atoms with Crippen LogP contribution in [0.3, 0.4) is 0 Å². The highest BCUT2D eigenvalue weighted by atomic mass is 15.3. The Hall–Kier alpha value is -3.43. The van der Waals surface area contributed by atoms with Gasteiger partial charge in [-0.25, -0.2) is 9.97 Å². The van der Waals surface area contributed by atoms with Crippen molar-refractivity contribution in [1.82, 2.24) is 14.9 Å². The Bertz CT molecular complexity index is 987. The molecule has 0 spiro atoms. The lowest BCUT2D eigenvalue weighted by molar-refractivity contribution is 0.312. The number of nitrogens with one attached hydrogen (secondary N) is 1. The molecule has 2 heterocycles. The second-order valence-electron chi connectivity index (χ2n) is 6.91. The molecular formula is C22H22N6. The number of anilines is 3. The molecule has 1 aliphatic rings. The maximum atomic E-state index is 9.14. The van der Waals surface area contributed by atoms with Crippen molar-refractivity contribution in [2.45, 2.75) is 0 Å². The molecule has 1 N–H and O–H groups in total. The fraction of sp³-hybridized carbons (Fsp3) is 0.227. The van der Waals surface area contributed by atoms with Crippen molar-refractivity contribution in [2.75, 3.05) is 43.4 Å². The van der Waals surface area contributed by atoms with Crippen LogP contribution < -0.4 is 10.2 Å². The number of likely N-dealkylation sites (N-methyl/N-ethyl adjacent to an activating group) is 1. The lowest BCUT2D eigenvalue weighted by Crippen LogP contribution is -2.44. The minimum atomic E-state index is 0.613. The monoisotopic (exact) mass is 370 g/mol. The molecule has 0 bridgehead atoms. The summed E-state index contributed by atoms with van der Waals surface area (Å²) in [7, 11) is 2.14. The predicted octanol–water partition coefficient (Wildman–Crippen LogP) is 3.51. The highest BCUT2D eigenvalue weighted by Gasteiger charge is 2.17. The van der Waals surface area contributed by atoms with Crippen molar-refractivity contribution in [3.8, 4) is 17.5 Å². The van der Waals surface area contributed by atoms with Crippen LogP contribution in [0.25, 0.3) is 11.4 Å². The molecule has 2 aromatic carbocycles. The van der Waals surface area contributed by atoms with Gasteiger partial charge in [0.25, 0.3) is 0 Å². The van der Waals surface area contributed by atoms with Crippen LogP contribution in [0.15, 0.2) is 60.7 Å². The van der Waals surface area contributed by atoms with Gasteiger partial charge in [0.15, 0.2) is 5.82 Å². The molecule has 0 unspecified atom stereocenters. The first-order valence-electron chi connectivity index (χ1n) is 9.36. The molecular weight excluding hydrogens is 348 g/mol. The van der Waals surface area contributed by atoms with Gasteiger partial charge in [-0.05, 0) is 25.2 Å². The van der Waals surface area contributed by atoms with E-state index < -0.39 is 0 Å². The Balaban J connectivity index is 1.70. The van der Waals surface area contributed by atoms with Gasteiger partial charge >= 0.3 is 0 Å². The summed E-state index contributed by atoms with van der Waals surface area (Å²) in [6.07, 6.45) is 0. The second kappa shape index (κ2) is 8.07. The minimum Gasteiger partial charge on any atom is -0.354 e. The fourth-order valence-corrected chi connectivity index (χ4v) is 3.23. The molecule has 0 amide bonds. The lowest BCUT2D eigenvalue weighted by Gasteiger charge is -2.33. The summed E-state index contributed by atoms with van der Waals surface area (Å²) in [6, 6.07) is 21.6. The summed E-state index contributed by atoms with van der Waals surface area (Å²) in [5, 5.41) is 12.5. The van der Waals surface area contributed by atoms with Crippen LogP contribution in [0.2, 0.25) is 0 Å². The number of hydrogen-bond donors (Lipinski definition) is 1. The average molecular weight is 370 g/mol. The van der Waals surface area contributed by atoms with Gasteiger partial charge in [-0.15, -0.1) is 0 Å². The van der Waals surface area contributed by atoms with Crippen molar-refractivity contribution < 1.29 is 0 Å². The highest BCUT2D eigenvalue weighted by molar-refractivity contribution is 5.66. The number of benzene rings is 2. The summed E-state index contributed by atoms with van der Waals surface area (Å²) in [4.78, 5) is 14.2. The molecule has 140 valence electrons. The maximum absolute atomic E-state index is 9.14. The van der Waals surface area contributed by atoms with Crippen LogP contribution in [0, 0.1) is 11.3 Å². The van der Waals surface area contributed by atoms with E-state index in [9.17, 15) is 0 Å².